The van der Waals surface area contributed by atoms with Crippen molar-refractivity contribution < 1.29 is 9.90 Å². The molecule has 1 aliphatic rings. The van der Waals surface area contributed by atoms with Crippen LogP contribution in [0.25, 0.3) is 0 Å². The van der Waals surface area contributed by atoms with E-state index in [2.05, 4.69) is 21.2 Å². The molecule has 0 aliphatic heterocycles. The number of anilines is 1. The Balaban J connectivity index is 1.92. The van der Waals surface area contributed by atoms with Gasteiger partial charge in [-0.15, -0.1) is 0 Å². The Labute approximate surface area is 121 Å². The number of nitrogens with one attached hydrogen (secondary N) is 1. The van der Waals surface area contributed by atoms with Gasteiger partial charge in [0.25, 0.3) is 0 Å². The monoisotopic (exact) mass is 326 g/mol. The number of benzene rings is 1. The second-order valence-corrected chi connectivity index (χ2v) is 5.81. The van der Waals surface area contributed by atoms with Crippen LogP contribution < -0.4 is 5.32 Å². The third kappa shape index (κ3) is 4.30. The summed E-state index contributed by atoms with van der Waals surface area (Å²) in [6.07, 6.45) is 2.25. The van der Waals surface area contributed by atoms with Gasteiger partial charge >= 0.3 is 0 Å². The van der Waals surface area contributed by atoms with Gasteiger partial charge in [-0.25, -0.2) is 0 Å². The van der Waals surface area contributed by atoms with Gasteiger partial charge in [0.05, 0.1) is 18.8 Å². The van der Waals surface area contributed by atoms with E-state index < -0.39 is 0 Å². The Kier molecular flexibility index (Phi) is 4.96. The van der Waals surface area contributed by atoms with Crippen LogP contribution in [0.1, 0.15) is 18.4 Å². The minimum atomic E-state index is -0.0371. The molecule has 1 aliphatic carbocycles. The summed E-state index contributed by atoms with van der Waals surface area (Å²) in [4.78, 5) is 14.1. The van der Waals surface area contributed by atoms with Crippen molar-refractivity contribution in [1.82, 2.24) is 4.90 Å². The number of rotatable bonds is 6. The summed E-state index contributed by atoms with van der Waals surface area (Å²) >= 11 is 3.45. The van der Waals surface area contributed by atoms with E-state index in [4.69, 9.17) is 5.11 Å². The first-order valence-electron chi connectivity index (χ1n) is 6.51. The molecule has 2 N–H and O–H groups in total. The summed E-state index contributed by atoms with van der Waals surface area (Å²) in [6, 6.07) is 6.30. The van der Waals surface area contributed by atoms with Crippen molar-refractivity contribution in [2.75, 3.05) is 25.0 Å². The average Bonchev–Trinajstić information content (AvgIpc) is 3.16. The SMILES string of the molecule is Cc1ccc(NC(=O)CN(CCO)C2CC2)c(Br)c1. The van der Waals surface area contributed by atoms with Crippen LogP contribution in [-0.2, 0) is 4.79 Å². The van der Waals surface area contributed by atoms with Crippen LogP contribution in [0.5, 0.6) is 0 Å². The van der Waals surface area contributed by atoms with E-state index in [1.54, 1.807) is 0 Å². The average molecular weight is 327 g/mol. The fourth-order valence-corrected chi connectivity index (χ4v) is 2.65. The lowest BCUT2D eigenvalue weighted by Crippen LogP contribution is -2.36. The molecule has 0 bridgehead atoms. The minimum absolute atomic E-state index is 0.0371. The zero-order valence-electron chi connectivity index (χ0n) is 11.0. The highest BCUT2D eigenvalue weighted by molar-refractivity contribution is 9.10. The minimum Gasteiger partial charge on any atom is -0.395 e. The van der Waals surface area contributed by atoms with Gasteiger partial charge in [-0.3, -0.25) is 9.69 Å². The predicted octanol–water partition coefficient (Wildman–Crippen LogP) is 2.15. The first-order chi connectivity index (χ1) is 9.10. The van der Waals surface area contributed by atoms with Gasteiger partial charge in [0.15, 0.2) is 0 Å². The maximum Gasteiger partial charge on any atom is 0.238 e. The number of carbonyl (C=O) groups is 1. The molecule has 0 heterocycles. The second-order valence-electron chi connectivity index (χ2n) is 4.96. The third-order valence-electron chi connectivity index (χ3n) is 3.20. The van der Waals surface area contributed by atoms with Crippen LogP contribution in [-0.4, -0.2) is 41.7 Å². The maximum absolute atomic E-state index is 12.0. The number of aliphatic hydroxyl groups is 1. The Morgan fingerprint density at radius 1 is 1.53 bits per heavy atom. The summed E-state index contributed by atoms with van der Waals surface area (Å²) in [5, 5.41) is 11.9. The van der Waals surface area contributed by atoms with Crippen molar-refractivity contribution in [2.45, 2.75) is 25.8 Å². The number of aryl methyl sites for hydroxylation is 1. The summed E-state index contributed by atoms with van der Waals surface area (Å²) in [7, 11) is 0. The first kappa shape index (κ1) is 14.5. The second kappa shape index (κ2) is 6.50. The Morgan fingerprint density at radius 3 is 2.84 bits per heavy atom. The highest BCUT2D eigenvalue weighted by atomic mass is 79.9. The van der Waals surface area contributed by atoms with Crippen LogP contribution in [0.2, 0.25) is 0 Å². The molecule has 1 amide bonds. The van der Waals surface area contributed by atoms with Gasteiger partial charge in [-0.05, 0) is 53.4 Å². The van der Waals surface area contributed by atoms with Gasteiger partial charge < -0.3 is 10.4 Å². The predicted molar refractivity (Wildman–Crippen MR) is 79.2 cm³/mol. The molecular weight excluding hydrogens is 308 g/mol. The summed E-state index contributed by atoms with van der Waals surface area (Å²) in [5.74, 6) is -0.0371. The third-order valence-corrected chi connectivity index (χ3v) is 3.85. The number of halogens is 1. The van der Waals surface area contributed by atoms with Gasteiger partial charge in [0.1, 0.15) is 0 Å². The van der Waals surface area contributed by atoms with E-state index in [0.29, 0.717) is 19.1 Å². The van der Waals surface area contributed by atoms with Crippen molar-refractivity contribution in [3.63, 3.8) is 0 Å². The quantitative estimate of drug-likeness (QED) is 0.842. The van der Waals surface area contributed by atoms with E-state index in [-0.39, 0.29) is 12.5 Å². The van der Waals surface area contributed by atoms with Crippen molar-refractivity contribution in [3.05, 3.63) is 28.2 Å². The Bertz CT molecular complexity index is 461. The smallest absolute Gasteiger partial charge is 0.238 e. The molecule has 2 rings (SSSR count). The molecule has 5 heteroatoms. The van der Waals surface area contributed by atoms with Crippen LogP contribution >= 0.6 is 15.9 Å². The molecule has 0 radical (unpaired) electrons. The van der Waals surface area contributed by atoms with Crippen molar-refractivity contribution in [3.8, 4) is 0 Å². The Morgan fingerprint density at radius 2 is 2.26 bits per heavy atom. The lowest BCUT2D eigenvalue weighted by molar-refractivity contribution is -0.117. The standard InChI is InChI=1S/C14H19BrN2O2/c1-10-2-5-13(12(15)8-10)16-14(19)9-17(6-7-18)11-3-4-11/h2,5,8,11,18H,3-4,6-7,9H2,1H3,(H,16,19). The van der Waals surface area contributed by atoms with Crippen LogP contribution in [0.4, 0.5) is 5.69 Å². The number of nitrogens with zero attached hydrogens (tertiary/aromatic N) is 1. The van der Waals surface area contributed by atoms with E-state index in [9.17, 15) is 4.79 Å². The van der Waals surface area contributed by atoms with Gasteiger partial charge in [-0.2, -0.15) is 0 Å². The van der Waals surface area contributed by atoms with Crippen molar-refractivity contribution in [2.24, 2.45) is 0 Å². The van der Waals surface area contributed by atoms with Crippen LogP contribution in [0.15, 0.2) is 22.7 Å². The highest BCUT2D eigenvalue weighted by Crippen LogP contribution is 2.27. The molecule has 0 atom stereocenters. The lowest BCUT2D eigenvalue weighted by Gasteiger charge is -2.20. The van der Waals surface area contributed by atoms with E-state index in [1.165, 1.54) is 0 Å². The van der Waals surface area contributed by atoms with Crippen molar-refractivity contribution in [1.29, 1.82) is 0 Å². The lowest BCUT2D eigenvalue weighted by atomic mass is 10.2. The van der Waals surface area contributed by atoms with Crippen molar-refractivity contribution >= 4 is 27.5 Å². The molecule has 0 aromatic heterocycles. The molecule has 1 aromatic carbocycles. The van der Waals surface area contributed by atoms with Gasteiger partial charge in [-0.1, -0.05) is 6.07 Å². The molecule has 104 valence electrons. The zero-order chi connectivity index (χ0) is 13.8. The van der Waals surface area contributed by atoms with E-state index in [1.807, 2.05) is 30.0 Å². The fourth-order valence-electron chi connectivity index (χ4n) is 2.05. The Hall–Kier alpha value is -0.910. The largest absolute Gasteiger partial charge is 0.395 e. The van der Waals surface area contributed by atoms with Gasteiger partial charge in [0, 0.05) is 17.1 Å². The molecule has 0 saturated heterocycles. The van der Waals surface area contributed by atoms with E-state index >= 15 is 0 Å². The highest BCUT2D eigenvalue weighted by Gasteiger charge is 2.29. The molecule has 1 saturated carbocycles. The number of hydrogen-bond donors (Lipinski definition) is 2. The molecule has 0 unspecified atom stereocenters. The van der Waals surface area contributed by atoms with E-state index in [0.717, 1.165) is 28.6 Å². The number of carbonyl (C=O) groups excluding carboxylic acids is 1. The zero-order valence-corrected chi connectivity index (χ0v) is 12.6. The molecule has 0 spiro atoms. The molecular formula is C14H19BrN2O2. The molecule has 1 fully saturated rings. The fraction of sp³-hybridized carbons (Fsp3) is 0.500. The topological polar surface area (TPSA) is 52.6 Å². The van der Waals surface area contributed by atoms with Crippen LogP contribution in [0, 0.1) is 6.92 Å². The normalized spacial score (nSPS) is 14.7. The number of amides is 1. The van der Waals surface area contributed by atoms with Crippen LogP contribution in [0.3, 0.4) is 0 Å². The molecule has 1 aromatic rings. The summed E-state index contributed by atoms with van der Waals surface area (Å²) in [6.45, 7) is 3.00. The number of aliphatic hydroxyl groups excluding tert-OH is 1. The maximum atomic E-state index is 12.0. The summed E-state index contributed by atoms with van der Waals surface area (Å²) < 4.78 is 0.890. The molecule has 4 nitrogen and oxygen atoms in total. The molecule has 19 heavy (non-hydrogen) atoms. The summed E-state index contributed by atoms with van der Waals surface area (Å²) in [5.41, 5.74) is 1.93. The number of hydrogen-bond acceptors (Lipinski definition) is 3. The van der Waals surface area contributed by atoms with Gasteiger partial charge in [0.2, 0.25) is 5.91 Å². The first-order valence-corrected chi connectivity index (χ1v) is 7.30.